The van der Waals surface area contributed by atoms with Gasteiger partial charge < -0.3 is 35.0 Å². The standard InChI is InChI=1S/C28H35ClN2O6/c29-19-1-8-25-18(13-19)16-37-28(25)9-11-31(12-10-28)15-23(34)17-36-26-14-22(33)6-7-24(26)27(35)30-20-2-4-21(32)5-3-20/h1,6-8,13-14,20-21,23,32-34H,2-5,9-12,15-17H2,(H,30,35)/t20?,21?,23-/m0/s1. The predicted octanol–water partition coefficient (Wildman–Crippen LogP) is 3.34. The number of aromatic hydroxyl groups is 1. The van der Waals surface area contributed by atoms with Gasteiger partial charge in [-0.3, -0.25) is 4.79 Å². The minimum atomic E-state index is -0.761. The number of phenolic OH excluding ortho intramolecular Hbond substituents is 1. The van der Waals surface area contributed by atoms with E-state index in [1.165, 1.54) is 23.8 Å². The third-order valence-electron chi connectivity index (χ3n) is 7.87. The molecule has 8 nitrogen and oxygen atoms in total. The minimum absolute atomic E-state index is 0.00116. The van der Waals surface area contributed by atoms with E-state index in [0.29, 0.717) is 31.6 Å². The Kier molecular flexibility index (Phi) is 7.93. The van der Waals surface area contributed by atoms with Gasteiger partial charge in [0.1, 0.15) is 24.2 Å². The number of carbonyl (C=O) groups is 1. The summed E-state index contributed by atoms with van der Waals surface area (Å²) in [6.45, 7) is 2.59. The second-order valence-corrected chi connectivity index (χ2v) is 10.9. The van der Waals surface area contributed by atoms with Crippen molar-refractivity contribution >= 4 is 17.5 Å². The van der Waals surface area contributed by atoms with E-state index in [-0.39, 0.29) is 41.8 Å². The van der Waals surface area contributed by atoms with Crippen molar-refractivity contribution < 1.29 is 29.6 Å². The maximum Gasteiger partial charge on any atom is 0.255 e. The van der Waals surface area contributed by atoms with Gasteiger partial charge in [-0.25, -0.2) is 0 Å². The highest BCUT2D eigenvalue weighted by Gasteiger charge is 2.42. The topological polar surface area (TPSA) is 111 Å². The van der Waals surface area contributed by atoms with Crippen molar-refractivity contribution in [2.45, 2.75) is 69.0 Å². The van der Waals surface area contributed by atoms with Crippen LogP contribution in [0.2, 0.25) is 5.02 Å². The number of amides is 1. The number of aliphatic hydroxyl groups is 2. The van der Waals surface area contributed by atoms with Gasteiger partial charge in [0.15, 0.2) is 0 Å². The molecule has 2 aliphatic heterocycles. The molecule has 37 heavy (non-hydrogen) atoms. The van der Waals surface area contributed by atoms with Gasteiger partial charge in [-0.2, -0.15) is 0 Å². The van der Waals surface area contributed by atoms with E-state index in [2.05, 4.69) is 16.3 Å². The fourth-order valence-electron chi connectivity index (χ4n) is 5.77. The van der Waals surface area contributed by atoms with Gasteiger partial charge in [0.25, 0.3) is 5.91 Å². The van der Waals surface area contributed by atoms with E-state index in [0.717, 1.165) is 49.4 Å². The Bertz CT molecular complexity index is 1110. The zero-order chi connectivity index (χ0) is 26.0. The molecule has 9 heteroatoms. The lowest BCUT2D eigenvalue weighted by Crippen LogP contribution is -2.46. The van der Waals surface area contributed by atoms with Gasteiger partial charge in [0.2, 0.25) is 0 Å². The molecule has 4 N–H and O–H groups in total. The minimum Gasteiger partial charge on any atom is -0.508 e. The first-order chi connectivity index (χ1) is 17.8. The van der Waals surface area contributed by atoms with Crippen LogP contribution in [-0.2, 0) is 16.9 Å². The Balaban J connectivity index is 1.13. The number of β-amino-alcohol motifs (C(OH)–C–C–N with tert-alkyl or cyclic N) is 1. The summed E-state index contributed by atoms with van der Waals surface area (Å²) in [7, 11) is 0. The van der Waals surface area contributed by atoms with Crippen molar-refractivity contribution in [1.82, 2.24) is 10.2 Å². The van der Waals surface area contributed by atoms with Crippen molar-refractivity contribution in [3.8, 4) is 11.5 Å². The zero-order valence-corrected chi connectivity index (χ0v) is 21.6. The molecule has 0 aromatic heterocycles. The number of nitrogens with one attached hydrogen (secondary N) is 1. The molecular weight excluding hydrogens is 496 g/mol. The second kappa shape index (κ2) is 11.2. The average Bonchev–Trinajstić information content (AvgIpc) is 3.22. The van der Waals surface area contributed by atoms with Crippen LogP contribution in [0.3, 0.4) is 0 Å². The molecule has 2 fully saturated rings. The van der Waals surface area contributed by atoms with Crippen LogP contribution in [0.25, 0.3) is 0 Å². The van der Waals surface area contributed by atoms with E-state index in [9.17, 15) is 20.1 Å². The average molecular weight is 531 g/mol. The number of halogens is 1. The Labute approximate surface area is 222 Å². The van der Waals surface area contributed by atoms with Crippen LogP contribution >= 0.6 is 11.6 Å². The summed E-state index contributed by atoms with van der Waals surface area (Å²) < 4.78 is 12.1. The number of fused-ring (bicyclic) bond motifs is 2. The summed E-state index contributed by atoms with van der Waals surface area (Å²) in [5.41, 5.74) is 2.41. The number of hydrogen-bond acceptors (Lipinski definition) is 7. The zero-order valence-electron chi connectivity index (χ0n) is 20.9. The monoisotopic (exact) mass is 530 g/mol. The first-order valence-corrected chi connectivity index (χ1v) is 13.5. The molecule has 1 amide bonds. The number of aliphatic hydroxyl groups excluding tert-OH is 2. The fourth-order valence-corrected chi connectivity index (χ4v) is 5.96. The Morgan fingerprint density at radius 1 is 1.16 bits per heavy atom. The molecule has 2 aromatic carbocycles. The van der Waals surface area contributed by atoms with Crippen LogP contribution in [0.4, 0.5) is 0 Å². The number of nitrogens with zero attached hydrogens (tertiary/aromatic N) is 1. The molecule has 3 aliphatic rings. The molecule has 0 unspecified atom stereocenters. The molecule has 1 saturated heterocycles. The Morgan fingerprint density at radius 2 is 1.92 bits per heavy atom. The van der Waals surface area contributed by atoms with Crippen LogP contribution in [0, 0.1) is 0 Å². The molecule has 2 heterocycles. The molecule has 0 radical (unpaired) electrons. The maximum absolute atomic E-state index is 12.9. The molecule has 2 aromatic rings. The third-order valence-corrected chi connectivity index (χ3v) is 8.10. The van der Waals surface area contributed by atoms with E-state index in [1.807, 2.05) is 12.1 Å². The van der Waals surface area contributed by atoms with Gasteiger partial charge in [-0.1, -0.05) is 17.7 Å². The lowest BCUT2D eigenvalue weighted by atomic mass is 9.84. The van der Waals surface area contributed by atoms with Gasteiger partial charge in [-0.05, 0) is 73.9 Å². The van der Waals surface area contributed by atoms with Crippen LogP contribution in [0.15, 0.2) is 36.4 Å². The first kappa shape index (κ1) is 26.3. The molecule has 1 saturated carbocycles. The number of phenols is 1. The van der Waals surface area contributed by atoms with Gasteiger partial charge >= 0.3 is 0 Å². The largest absolute Gasteiger partial charge is 0.508 e. The van der Waals surface area contributed by atoms with Crippen LogP contribution in [-0.4, -0.2) is 70.6 Å². The van der Waals surface area contributed by atoms with Gasteiger partial charge in [0.05, 0.1) is 23.9 Å². The van der Waals surface area contributed by atoms with Crippen molar-refractivity contribution in [2.24, 2.45) is 0 Å². The number of rotatable bonds is 7. The fraction of sp³-hybridized carbons (Fsp3) is 0.536. The summed E-state index contributed by atoms with van der Waals surface area (Å²) in [5.74, 6) is -0.0637. The quantitative estimate of drug-likeness (QED) is 0.434. The molecule has 1 atom stereocenters. The second-order valence-electron chi connectivity index (χ2n) is 10.5. The summed E-state index contributed by atoms with van der Waals surface area (Å²) in [6, 6.07) is 10.3. The molecule has 1 aliphatic carbocycles. The summed E-state index contributed by atoms with van der Waals surface area (Å²) >= 11 is 6.14. The number of ether oxygens (including phenoxy) is 2. The normalized spacial score (nSPS) is 24.0. The van der Waals surface area contributed by atoms with E-state index in [1.54, 1.807) is 0 Å². The number of likely N-dealkylation sites (tertiary alicyclic amines) is 1. The number of carbonyl (C=O) groups excluding carboxylic acids is 1. The van der Waals surface area contributed by atoms with Crippen LogP contribution in [0.5, 0.6) is 11.5 Å². The molecule has 5 rings (SSSR count). The maximum atomic E-state index is 12.9. The van der Waals surface area contributed by atoms with Crippen molar-refractivity contribution in [1.29, 1.82) is 0 Å². The van der Waals surface area contributed by atoms with Crippen molar-refractivity contribution in [3.05, 3.63) is 58.1 Å². The van der Waals surface area contributed by atoms with Crippen LogP contribution < -0.4 is 10.1 Å². The summed E-state index contributed by atoms with van der Waals surface area (Å²) in [6.07, 6.45) is 3.40. The number of benzene rings is 2. The highest BCUT2D eigenvalue weighted by atomic mass is 35.5. The summed E-state index contributed by atoms with van der Waals surface area (Å²) in [4.78, 5) is 15.1. The molecule has 200 valence electrons. The molecule has 0 bridgehead atoms. The molecular formula is C28H35ClN2O6. The van der Waals surface area contributed by atoms with E-state index < -0.39 is 6.10 Å². The highest BCUT2D eigenvalue weighted by Crippen LogP contribution is 2.44. The van der Waals surface area contributed by atoms with E-state index in [4.69, 9.17) is 21.1 Å². The SMILES string of the molecule is O=C(NC1CCC(O)CC1)c1ccc(O)cc1OC[C@@H](O)CN1CCC2(CC1)OCc1cc(Cl)ccc12. The Morgan fingerprint density at radius 3 is 2.68 bits per heavy atom. The van der Waals surface area contributed by atoms with E-state index >= 15 is 0 Å². The highest BCUT2D eigenvalue weighted by molar-refractivity contribution is 6.30. The lowest BCUT2D eigenvalue weighted by Gasteiger charge is -2.39. The summed E-state index contributed by atoms with van der Waals surface area (Å²) in [5, 5.41) is 34.1. The smallest absolute Gasteiger partial charge is 0.255 e. The number of hydrogen-bond donors (Lipinski definition) is 4. The predicted molar refractivity (Wildman–Crippen MR) is 139 cm³/mol. The van der Waals surface area contributed by atoms with Crippen LogP contribution in [0.1, 0.15) is 60.0 Å². The number of piperidine rings is 1. The first-order valence-electron chi connectivity index (χ1n) is 13.1. The third kappa shape index (κ3) is 6.04. The van der Waals surface area contributed by atoms with Crippen molar-refractivity contribution in [3.63, 3.8) is 0 Å². The van der Waals surface area contributed by atoms with Gasteiger partial charge in [-0.15, -0.1) is 0 Å². The van der Waals surface area contributed by atoms with Gasteiger partial charge in [0, 0.05) is 36.8 Å². The lowest BCUT2D eigenvalue weighted by molar-refractivity contribution is -0.0835. The van der Waals surface area contributed by atoms with Crippen molar-refractivity contribution in [2.75, 3.05) is 26.2 Å². The molecule has 1 spiro atoms. The Hall–Kier alpha value is -2.36.